The fourth-order valence-electron chi connectivity index (χ4n) is 6.78. The maximum atomic E-state index is 13.0. The number of hydrogen-bond donors (Lipinski definition) is 1. The first-order chi connectivity index (χ1) is 17.4. The van der Waals surface area contributed by atoms with Gasteiger partial charge >= 0.3 is 11.9 Å². The number of hydrogen-bond acceptors (Lipinski definition) is 5. The minimum Gasteiger partial charge on any atom is -0.427 e. The van der Waals surface area contributed by atoms with Crippen LogP contribution in [0.5, 0.6) is 11.5 Å². The van der Waals surface area contributed by atoms with Crippen molar-refractivity contribution in [1.82, 2.24) is 5.32 Å². The number of fused-ring (bicyclic) bond motifs is 3. The number of benzene rings is 2. The molecule has 1 fully saturated rings. The van der Waals surface area contributed by atoms with E-state index in [2.05, 4.69) is 45.1 Å². The molecule has 6 heteroatoms. The molecule has 0 radical (unpaired) electrons. The number of nitrogens with one attached hydrogen (secondary N) is 1. The van der Waals surface area contributed by atoms with Crippen LogP contribution < -0.4 is 14.8 Å². The summed E-state index contributed by atoms with van der Waals surface area (Å²) in [6.07, 6.45) is 5.25. The molecule has 0 aromatic heterocycles. The number of amides is 1. The van der Waals surface area contributed by atoms with E-state index >= 15 is 0 Å². The SMILES string of the molecule is CC(=O)Oc1ccc(C(=O)NC[C@]2(C)CCC[C@]3(C)c4cc(OC(C)=O)c(C(C)C)cc4CC[C@@H]23)cc1. The Morgan fingerprint density at radius 3 is 2.30 bits per heavy atom. The number of aryl methyl sites for hydroxylation is 1. The number of carbonyl (C=O) groups is 3. The van der Waals surface area contributed by atoms with Gasteiger partial charge in [0.15, 0.2) is 0 Å². The lowest BCUT2D eigenvalue weighted by atomic mass is 9.49. The van der Waals surface area contributed by atoms with Crippen LogP contribution in [0, 0.1) is 11.3 Å². The number of ether oxygens (including phenoxy) is 2. The molecule has 0 heterocycles. The quantitative estimate of drug-likeness (QED) is 0.379. The summed E-state index contributed by atoms with van der Waals surface area (Å²) in [6, 6.07) is 11.0. The molecule has 0 aliphatic heterocycles. The topological polar surface area (TPSA) is 81.7 Å². The normalized spacial score (nSPS) is 24.6. The van der Waals surface area contributed by atoms with Crippen molar-refractivity contribution < 1.29 is 23.9 Å². The molecule has 37 heavy (non-hydrogen) atoms. The van der Waals surface area contributed by atoms with Gasteiger partial charge in [-0.2, -0.15) is 0 Å². The van der Waals surface area contributed by atoms with E-state index < -0.39 is 0 Å². The standard InChI is InChI=1S/C31H39NO5/c1-19(2)25-16-23-10-13-28-30(5,14-7-15-31(28,6)26(23)17-27(25)37-21(4)34)18-32-29(35)22-8-11-24(12-9-22)36-20(3)33/h8-9,11-12,16-17,19,28H,7,10,13-15,18H2,1-6H3,(H,32,35)/t28-,30-,31+/m0/s1. The summed E-state index contributed by atoms with van der Waals surface area (Å²) in [4.78, 5) is 36.0. The van der Waals surface area contributed by atoms with Crippen LogP contribution in [0.15, 0.2) is 36.4 Å². The average Bonchev–Trinajstić information content (AvgIpc) is 2.82. The van der Waals surface area contributed by atoms with E-state index in [-0.39, 0.29) is 34.6 Å². The Balaban J connectivity index is 1.56. The van der Waals surface area contributed by atoms with Crippen LogP contribution in [-0.2, 0) is 21.4 Å². The largest absolute Gasteiger partial charge is 0.427 e. The Morgan fingerprint density at radius 1 is 1.00 bits per heavy atom. The summed E-state index contributed by atoms with van der Waals surface area (Å²) < 4.78 is 10.8. The average molecular weight is 506 g/mol. The first-order valence-electron chi connectivity index (χ1n) is 13.4. The van der Waals surface area contributed by atoms with Gasteiger partial charge < -0.3 is 14.8 Å². The maximum absolute atomic E-state index is 13.0. The Morgan fingerprint density at radius 2 is 1.68 bits per heavy atom. The highest BCUT2D eigenvalue weighted by Gasteiger charge is 2.52. The van der Waals surface area contributed by atoms with Gasteiger partial charge in [0.25, 0.3) is 5.91 Å². The molecule has 4 rings (SSSR count). The Kier molecular flexibility index (Phi) is 7.50. The van der Waals surface area contributed by atoms with Crippen molar-refractivity contribution in [2.24, 2.45) is 11.3 Å². The second-order valence-corrected chi connectivity index (χ2v) is 11.6. The first-order valence-corrected chi connectivity index (χ1v) is 13.4. The van der Waals surface area contributed by atoms with E-state index in [9.17, 15) is 14.4 Å². The molecule has 1 amide bonds. The van der Waals surface area contributed by atoms with Gasteiger partial charge in [-0.1, -0.05) is 40.2 Å². The summed E-state index contributed by atoms with van der Waals surface area (Å²) >= 11 is 0. The molecular weight excluding hydrogens is 466 g/mol. The van der Waals surface area contributed by atoms with Gasteiger partial charge in [0, 0.05) is 26.0 Å². The monoisotopic (exact) mass is 505 g/mol. The Hall–Kier alpha value is -3.15. The summed E-state index contributed by atoms with van der Waals surface area (Å²) in [5.74, 6) is 0.951. The lowest BCUT2D eigenvalue weighted by Crippen LogP contribution is -2.53. The third kappa shape index (κ3) is 5.43. The number of rotatable bonds is 6. The van der Waals surface area contributed by atoms with Gasteiger partial charge in [-0.25, -0.2) is 0 Å². The van der Waals surface area contributed by atoms with Crippen LogP contribution in [0.25, 0.3) is 0 Å². The Bertz CT molecular complexity index is 1200. The van der Waals surface area contributed by atoms with Gasteiger partial charge in [0.2, 0.25) is 0 Å². The molecule has 0 saturated heterocycles. The minimum absolute atomic E-state index is 0.0542. The van der Waals surface area contributed by atoms with Gasteiger partial charge in [0.1, 0.15) is 11.5 Å². The third-order valence-electron chi connectivity index (χ3n) is 8.51. The van der Waals surface area contributed by atoms with Crippen LogP contribution in [0.2, 0.25) is 0 Å². The smallest absolute Gasteiger partial charge is 0.308 e. The predicted octanol–water partition coefficient (Wildman–Crippen LogP) is 6.10. The predicted molar refractivity (Wildman–Crippen MR) is 143 cm³/mol. The molecule has 2 aliphatic carbocycles. The molecule has 198 valence electrons. The van der Waals surface area contributed by atoms with E-state index in [1.165, 1.54) is 25.0 Å². The van der Waals surface area contributed by atoms with Crippen LogP contribution in [0.4, 0.5) is 0 Å². The van der Waals surface area contributed by atoms with Gasteiger partial charge in [-0.3, -0.25) is 14.4 Å². The van der Waals surface area contributed by atoms with Gasteiger partial charge in [-0.15, -0.1) is 0 Å². The van der Waals surface area contributed by atoms with E-state index in [1.54, 1.807) is 24.3 Å². The molecule has 2 aromatic carbocycles. The number of carbonyl (C=O) groups excluding carboxylic acids is 3. The number of esters is 2. The highest BCUT2D eigenvalue weighted by molar-refractivity contribution is 5.94. The molecule has 1 saturated carbocycles. The zero-order valence-electron chi connectivity index (χ0n) is 22.9. The molecule has 2 aromatic rings. The fourth-order valence-corrected chi connectivity index (χ4v) is 6.78. The summed E-state index contributed by atoms with van der Waals surface area (Å²) in [5.41, 5.74) is 4.17. The Labute approximate surface area is 220 Å². The molecule has 0 bridgehead atoms. The molecule has 0 spiro atoms. The highest BCUT2D eigenvalue weighted by Crippen LogP contribution is 2.57. The lowest BCUT2D eigenvalue weighted by Gasteiger charge is -2.55. The van der Waals surface area contributed by atoms with E-state index in [0.29, 0.717) is 29.5 Å². The maximum Gasteiger partial charge on any atom is 0.308 e. The molecule has 0 unspecified atom stereocenters. The van der Waals surface area contributed by atoms with Crippen LogP contribution in [-0.4, -0.2) is 24.4 Å². The lowest BCUT2D eigenvalue weighted by molar-refractivity contribution is -0.132. The molecule has 6 nitrogen and oxygen atoms in total. The zero-order chi connectivity index (χ0) is 27.0. The van der Waals surface area contributed by atoms with Gasteiger partial charge in [-0.05, 0) is 95.4 Å². The fraction of sp³-hybridized carbons (Fsp3) is 0.516. The van der Waals surface area contributed by atoms with Crippen molar-refractivity contribution in [2.75, 3.05) is 6.54 Å². The molecular formula is C31H39NO5. The van der Waals surface area contributed by atoms with Crippen LogP contribution >= 0.6 is 0 Å². The highest BCUT2D eigenvalue weighted by atomic mass is 16.5. The van der Waals surface area contributed by atoms with Crippen LogP contribution in [0.3, 0.4) is 0 Å². The second-order valence-electron chi connectivity index (χ2n) is 11.6. The summed E-state index contributed by atoms with van der Waals surface area (Å²) in [7, 11) is 0. The van der Waals surface area contributed by atoms with Crippen molar-refractivity contribution in [3.63, 3.8) is 0 Å². The van der Waals surface area contributed by atoms with Crippen molar-refractivity contribution in [3.05, 3.63) is 58.7 Å². The van der Waals surface area contributed by atoms with E-state index in [4.69, 9.17) is 9.47 Å². The summed E-state index contributed by atoms with van der Waals surface area (Å²) in [5, 5.41) is 3.19. The van der Waals surface area contributed by atoms with E-state index in [0.717, 1.165) is 37.7 Å². The molecule has 1 N–H and O–H groups in total. The van der Waals surface area contributed by atoms with Crippen molar-refractivity contribution in [2.45, 2.75) is 85.0 Å². The first kappa shape index (κ1) is 26.9. The van der Waals surface area contributed by atoms with Gasteiger partial charge in [0.05, 0.1) is 0 Å². The zero-order valence-corrected chi connectivity index (χ0v) is 22.9. The summed E-state index contributed by atoms with van der Waals surface area (Å²) in [6.45, 7) is 12.3. The minimum atomic E-state index is -0.389. The van der Waals surface area contributed by atoms with Crippen LogP contribution in [0.1, 0.15) is 100 Å². The third-order valence-corrected chi connectivity index (χ3v) is 8.51. The van der Waals surface area contributed by atoms with Crippen molar-refractivity contribution in [3.8, 4) is 11.5 Å². The molecule has 2 aliphatic rings. The van der Waals surface area contributed by atoms with Crippen molar-refractivity contribution >= 4 is 17.8 Å². The van der Waals surface area contributed by atoms with E-state index in [1.807, 2.05) is 0 Å². The van der Waals surface area contributed by atoms with Crippen molar-refractivity contribution in [1.29, 1.82) is 0 Å². The molecule has 3 atom stereocenters. The second kappa shape index (κ2) is 10.3.